The molecule has 0 heterocycles. The van der Waals surface area contributed by atoms with E-state index >= 15 is 0 Å². The monoisotopic (exact) mass is 376 g/mol. The van der Waals surface area contributed by atoms with Gasteiger partial charge in [0.15, 0.2) is 0 Å². The lowest BCUT2D eigenvalue weighted by atomic mass is 9.79. The first-order chi connectivity index (χ1) is 8.70. The van der Waals surface area contributed by atoms with E-state index in [-0.39, 0.29) is 5.41 Å². The molecule has 0 fully saturated rings. The highest BCUT2D eigenvalue weighted by Crippen LogP contribution is 2.34. The van der Waals surface area contributed by atoms with Gasteiger partial charge < -0.3 is 4.74 Å². The largest absolute Gasteiger partial charge is 0.381 e. The molecule has 1 aromatic carbocycles. The Morgan fingerprint density at radius 1 is 1.11 bits per heavy atom. The van der Waals surface area contributed by atoms with Crippen molar-refractivity contribution in [1.29, 1.82) is 0 Å². The summed E-state index contributed by atoms with van der Waals surface area (Å²) in [4.78, 5) is 0. The van der Waals surface area contributed by atoms with Crippen molar-refractivity contribution in [3.63, 3.8) is 0 Å². The zero-order valence-corrected chi connectivity index (χ0v) is 14.4. The van der Waals surface area contributed by atoms with Gasteiger partial charge in [0.1, 0.15) is 0 Å². The Kier molecular flexibility index (Phi) is 7.50. The Balaban J connectivity index is 2.83. The van der Waals surface area contributed by atoms with Crippen molar-refractivity contribution in [3.05, 3.63) is 35.4 Å². The molecule has 0 saturated carbocycles. The van der Waals surface area contributed by atoms with Crippen LogP contribution in [0.1, 0.15) is 30.9 Å². The lowest BCUT2D eigenvalue weighted by molar-refractivity contribution is 0.120. The molecule has 0 N–H and O–H groups in total. The van der Waals surface area contributed by atoms with Crippen LogP contribution in [0.2, 0.25) is 0 Å². The van der Waals surface area contributed by atoms with Gasteiger partial charge in [-0.1, -0.05) is 63.0 Å². The van der Waals surface area contributed by atoms with Crippen LogP contribution in [0.4, 0.5) is 0 Å². The van der Waals surface area contributed by atoms with Crippen molar-refractivity contribution in [2.24, 2.45) is 0 Å². The molecule has 0 bridgehead atoms. The van der Waals surface area contributed by atoms with E-state index in [1.807, 2.05) is 0 Å². The third-order valence-electron chi connectivity index (χ3n) is 3.30. The molecule has 1 nitrogen and oxygen atoms in total. The predicted molar refractivity (Wildman–Crippen MR) is 86.2 cm³/mol. The zero-order valence-electron chi connectivity index (χ0n) is 11.2. The van der Waals surface area contributed by atoms with Gasteiger partial charge in [0, 0.05) is 29.3 Å². The highest BCUT2D eigenvalue weighted by Gasteiger charge is 2.31. The van der Waals surface area contributed by atoms with Crippen molar-refractivity contribution < 1.29 is 4.74 Å². The molecule has 1 aromatic rings. The van der Waals surface area contributed by atoms with E-state index in [4.69, 9.17) is 4.74 Å². The van der Waals surface area contributed by atoms with Crippen LogP contribution >= 0.6 is 31.9 Å². The van der Waals surface area contributed by atoms with Crippen LogP contribution in [0.3, 0.4) is 0 Å². The van der Waals surface area contributed by atoms with E-state index in [2.05, 4.69) is 70.0 Å². The molecular weight excluding hydrogens is 356 g/mol. The Morgan fingerprint density at radius 2 is 1.78 bits per heavy atom. The lowest BCUT2D eigenvalue weighted by Gasteiger charge is -2.32. The number of aryl methyl sites for hydroxylation is 1. The minimum absolute atomic E-state index is 0.124. The predicted octanol–water partition coefficient (Wildman–Crippen LogP) is 4.84. The third-order valence-corrected chi connectivity index (χ3v) is 5.45. The van der Waals surface area contributed by atoms with Crippen LogP contribution in [0.15, 0.2) is 24.3 Å². The average Bonchev–Trinajstić information content (AvgIpc) is 2.41. The van der Waals surface area contributed by atoms with E-state index in [1.54, 1.807) is 0 Å². The van der Waals surface area contributed by atoms with Crippen molar-refractivity contribution in [2.75, 3.05) is 23.9 Å². The molecule has 0 saturated heterocycles. The van der Waals surface area contributed by atoms with E-state index in [9.17, 15) is 0 Å². The van der Waals surface area contributed by atoms with Gasteiger partial charge in [-0.15, -0.1) is 0 Å². The standard InChI is InChI=1S/C15H22Br2O/c1-3-9-18-10-8-15(11-16,12-17)14-7-5-4-6-13(14)2/h4-7H,3,8-12H2,1-2H3. The number of benzene rings is 1. The smallest absolute Gasteiger partial charge is 0.0475 e. The summed E-state index contributed by atoms with van der Waals surface area (Å²) in [5.41, 5.74) is 2.89. The molecule has 0 aromatic heterocycles. The normalized spacial score (nSPS) is 11.8. The minimum Gasteiger partial charge on any atom is -0.381 e. The maximum Gasteiger partial charge on any atom is 0.0475 e. The minimum atomic E-state index is 0.124. The second-order valence-electron chi connectivity index (χ2n) is 4.72. The first-order valence-electron chi connectivity index (χ1n) is 6.46. The SMILES string of the molecule is CCCOCCC(CBr)(CBr)c1ccccc1C. The maximum absolute atomic E-state index is 5.66. The second kappa shape index (κ2) is 8.34. The fraction of sp³-hybridized carbons (Fsp3) is 0.600. The van der Waals surface area contributed by atoms with E-state index in [1.165, 1.54) is 11.1 Å². The summed E-state index contributed by atoms with van der Waals surface area (Å²) >= 11 is 7.38. The van der Waals surface area contributed by atoms with Crippen molar-refractivity contribution in [1.82, 2.24) is 0 Å². The lowest BCUT2D eigenvalue weighted by Crippen LogP contribution is -2.32. The van der Waals surface area contributed by atoms with Crippen molar-refractivity contribution in [3.8, 4) is 0 Å². The highest BCUT2D eigenvalue weighted by molar-refractivity contribution is 9.09. The molecule has 0 amide bonds. The Morgan fingerprint density at radius 3 is 2.33 bits per heavy atom. The van der Waals surface area contributed by atoms with E-state index in [0.29, 0.717) is 0 Å². The molecule has 0 aliphatic heterocycles. The first-order valence-corrected chi connectivity index (χ1v) is 8.70. The van der Waals surface area contributed by atoms with Gasteiger partial charge in [-0.3, -0.25) is 0 Å². The summed E-state index contributed by atoms with van der Waals surface area (Å²) < 4.78 is 5.66. The number of alkyl halides is 2. The summed E-state index contributed by atoms with van der Waals surface area (Å²) in [6, 6.07) is 8.63. The molecule has 0 radical (unpaired) electrons. The number of hydrogen-bond donors (Lipinski definition) is 0. The fourth-order valence-corrected chi connectivity index (χ4v) is 4.22. The summed E-state index contributed by atoms with van der Waals surface area (Å²) in [6.45, 7) is 6.00. The molecule has 102 valence electrons. The fourth-order valence-electron chi connectivity index (χ4n) is 2.13. The van der Waals surface area contributed by atoms with Crippen LogP contribution in [0.25, 0.3) is 0 Å². The first kappa shape index (κ1) is 16.2. The zero-order chi connectivity index (χ0) is 13.4. The van der Waals surface area contributed by atoms with Gasteiger partial charge >= 0.3 is 0 Å². The van der Waals surface area contributed by atoms with Gasteiger partial charge in [-0.25, -0.2) is 0 Å². The third kappa shape index (κ3) is 4.07. The quantitative estimate of drug-likeness (QED) is 0.465. The molecule has 3 heteroatoms. The van der Waals surface area contributed by atoms with Crippen LogP contribution < -0.4 is 0 Å². The number of rotatable bonds is 8. The number of ether oxygens (including phenoxy) is 1. The van der Waals surface area contributed by atoms with Gasteiger partial charge in [0.2, 0.25) is 0 Å². The summed E-state index contributed by atoms with van der Waals surface area (Å²) in [5, 5.41) is 1.90. The summed E-state index contributed by atoms with van der Waals surface area (Å²) in [5.74, 6) is 0. The summed E-state index contributed by atoms with van der Waals surface area (Å²) in [7, 11) is 0. The second-order valence-corrected chi connectivity index (χ2v) is 5.85. The molecule has 18 heavy (non-hydrogen) atoms. The Labute approximate surface area is 128 Å². The van der Waals surface area contributed by atoms with Crippen LogP contribution in [-0.4, -0.2) is 23.9 Å². The van der Waals surface area contributed by atoms with Crippen molar-refractivity contribution in [2.45, 2.75) is 32.1 Å². The topological polar surface area (TPSA) is 9.23 Å². The molecular formula is C15H22Br2O. The number of halogens is 2. The van der Waals surface area contributed by atoms with Crippen molar-refractivity contribution >= 4 is 31.9 Å². The van der Waals surface area contributed by atoms with Gasteiger partial charge in [0.25, 0.3) is 0 Å². The van der Waals surface area contributed by atoms with E-state index < -0.39 is 0 Å². The van der Waals surface area contributed by atoms with Crippen LogP contribution in [0, 0.1) is 6.92 Å². The van der Waals surface area contributed by atoms with Gasteiger partial charge in [0.05, 0.1) is 0 Å². The van der Waals surface area contributed by atoms with Crippen LogP contribution in [0.5, 0.6) is 0 Å². The molecule has 0 spiro atoms. The molecule has 0 aliphatic carbocycles. The number of hydrogen-bond acceptors (Lipinski definition) is 1. The summed E-state index contributed by atoms with van der Waals surface area (Å²) in [6.07, 6.45) is 2.12. The highest BCUT2D eigenvalue weighted by atomic mass is 79.9. The molecule has 0 atom stereocenters. The van der Waals surface area contributed by atoms with Crippen LogP contribution in [-0.2, 0) is 10.2 Å². The molecule has 1 rings (SSSR count). The Hall–Kier alpha value is 0.140. The van der Waals surface area contributed by atoms with Gasteiger partial charge in [-0.05, 0) is 30.9 Å². The molecule has 0 unspecified atom stereocenters. The molecule has 0 aliphatic rings. The Bertz CT molecular complexity index is 348. The average molecular weight is 378 g/mol. The maximum atomic E-state index is 5.66. The van der Waals surface area contributed by atoms with E-state index in [0.717, 1.165) is 36.7 Å². The van der Waals surface area contributed by atoms with Gasteiger partial charge in [-0.2, -0.15) is 0 Å².